The molecule has 0 spiro atoms. The van der Waals surface area contributed by atoms with E-state index in [1.807, 2.05) is 90.1 Å². The number of imidazole rings is 1. The molecule has 4 heterocycles. The monoisotopic (exact) mass is 678 g/mol. The number of aromatic amines is 1. The number of hydrogen-bond acceptors (Lipinski definition) is 5. The third-order valence-corrected chi connectivity index (χ3v) is 9.33. The molecule has 3 aromatic heterocycles. The van der Waals surface area contributed by atoms with Crippen LogP contribution in [-0.4, -0.2) is 49.6 Å². The Morgan fingerprint density at radius 1 is 0.917 bits per heavy atom. The molecule has 0 unspecified atom stereocenters. The molecule has 6 aromatic rings. The summed E-state index contributed by atoms with van der Waals surface area (Å²) in [5.74, 6) is -0.908. The summed E-state index contributed by atoms with van der Waals surface area (Å²) in [6.07, 6.45) is 5.24. The predicted octanol–water partition coefficient (Wildman–Crippen LogP) is 8.20. The van der Waals surface area contributed by atoms with Gasteiger partial charge < -0.3 is 24.9 Å². The highest BCUT2D eigenvalue weighted by Gasteiger charge is 2.29. The first-order valence-corrected chi connectivity index (χ1v) is 16.5. The number of anilines is 2. The van der Waals surface area contributed by atoms with Crippen molar-refractivity contribution in [3.05, 3.63) is 119 Å². The van der Waals surface area contributed by atoms with Crippen molar-refractivity contribution in [2.75, 3.05) is 23.3 Å². The molecule has 1 fully saturated rings. The van der Waals surface area contributed by atoms with Gasteiger partial charge in [-0.2, -0.15) is 0 Å². The molecule has 48 heavy (non-hydrogen) atoms. The van der Waals surface area contributed by atoms with Crippen LogP contribution in [0.1, 0.15) is 28.9 Å². The van der Waals surface area contributed by atoms with E-state index >= 15 is 0 Å². The van der Waals surface area contributed by atoms with Crippen molar-refractivity contribution in [1.29, 1.82) is 0 Å². The van der Waals surface area contributed by atoms with Crippen LogP contribution in [0.2, 0.25) is 10.0 Å². The summed E-state index contributed by atoms with van der Waals surface area (Å²) in [5, 5.41) is 14.6. The van der Waals surface area contributed by atoms with Crippen LogP contribution < -0.4 is 10.2 Å². The van der Waals surface area contributed by atoms with E-state index in [2.05, 4.69) is 19.9 Å². The van der Waals surface area contributed by atoms with Gasteiger partial charge in [0.15, 0.2) is 5.82 Å². The van der Waals surface area contributed by atoms with E-state index in [9.17, 15) is 14.7 Å². The van der Waals surface area contributed by atoms with Gasteiger partial charge >= 0.3 is 5.97 Å². The van der Waals surface area contributed by atoms with Crippen molar-refractivity contribution in [3.63, 3.8) is 0 Å². The fourth-order valence-corrected chi connectivity index (χ4v) is 6.68. The third-order valence-electron chi connectivity index (χ3n) is 8.84. The van der Waals surface area contributed by atoms with Gasteiger partial charge in [0.25, 0.3) is 5.91 Å². The zero-order valence-electron chi connectivity index (χ0n) is 25.9. The number of carbonyl (C=O) groups is 2. The number of rotatable bonds is 9. The van der Waals surface area contributed by atoms with Crippen LogP contribution in [0.3, 0.4) is 0 Å². The van der Waals surface area contributed by atoms with Crippen LogP contribution in [0, 0.1) is 5.92 Å². The highest BCUT2D eigenvalue weighted by molar-refractivity contribution is 6.31. The van der Waals surface area contributed by atoms with Crippen LogP contribution in [0.5, 0.6) is 0 Å². The van der Waals surface area contributed by atoms with Gasteiger partial charge in [0.05, 0.1) is 29.3 Å². The van der Waals surface area contributed by atoms with E-state index in [0.29, 0.717) is 70.8 Å². The molecule has 3 N–H and O–H groups in total. The largest absolute Gasteiger partial charge is 0.481 e. The van der Waals surface area contributed by atoms with Crippen molar-refractivity contribution in [2.45, 2.75) is 25.8 Å². The van der Waals surface area contributed by atoms with E-state index in [1.165, 1.54) is 0 Å². The Morgan fingerprint density at radius 2 is 1.67 bits per heavy atom. The lowest BCUT2D eigenvalue weighted by Crippen LogP contribution is -2.37. The number of pyridine rings is 1. The number of halogens is 2. The Bertz CT molecular complexity index is 2100. The number of carboxylic acid groups (broad SMARTS) is 1. The Hall–Kier alpha value is -5.12. The number of aromatic nitrogens is 4. The number of nitrogens with one attached hydrogen (secondary N) is 2. The van der Waals surface area contributed by atoms with E-state index < -0.39 is 5.97 Å². The number of amides is 1. The van der Waals surface area contributed by atoms with Crippen LogP contribution in [0.25, 0.3) is 33.4 Å². The average Bonchev–Trinajstić information content (AvgIpc) is 3.69. The van der Waals surface area contributed by atoms with Crippen molar-refractivity contribution in [2.24, 2.45) is 5.92 Å². The van der Waals surface area contributed by atoms with Crippen molar-refractivity contribution < 1.29 is 14.7 Å². The van der Waals surface area contributed by atoms with Gasteiger partial charge in [-0.15, -0.1) is 0 Å². The van der Waals surface area contributed by atoms with Crippen LogP contribution in [0.4, 0.5) is 11.5 Å². The number of hydrogen-bond donors (Lipinski definition) is 3. The van der Waals surface area contributed by atoms with Gasteiger partial charge in [-0.1, -0.05) is 71.7 Å². The number of H-pyrrole nitrogens is 1. The lowest BCUT2D eigenvalue weighted by atomic mass is 9.97. The molecule has 0 radical (unpaired) electrons. The highest BCUT2D eigenvalue weighted by atomic mass is 35.5. The summed E-state index contributed by atoms with van der Waals surface area (Å²) in [6, 6.07) is 26.9. The van der Waals surface area contributed by atoms with Crippen molar-refractivity contribution >= 4 is 57.5 Å². The summed E-state index contributed by atoms with van der Waals surface area (Å²) >= 11 is 12.6. The Kier molecular flexibility index (Phi) is 8.88. The molecule has 1 aliphatic heterocycles. The molecule has 242 valence electrons. The summed E-state index contributed by atoms with van der Waals surface area (Å²) < 4.78 is 2.09. The second kappa shape index (κ2) is 13.5. The number of carbonyl (C=O) groups excluding carboxylic acids is 1. The quantitative estimate of drug-likeness (QED) is 0.142. The van der Waals surface area contributed by atoms with E-state index in [0.717, 1.165) is 34.3 Å². The SMILES string of the molecule is O=C(Nc1cccnc1N1CCC(C(=O)O)CC1)c1[nH]c2cc(Cl)ccc2c1-c1c(-c2ccccc2)ncn1CCc1ccc(Cl)cc1. The van der Waals surface area contributed by atoms with Gasteiger partial charge in [0.2, 0.25) is 0 Å². The molecule has 3 aromatic carbocycles. The first kappa shape index (κ1) is 31.5. The molecular weight excluding hydrogens is 647 g/mol. The summed E-state index contributed by atoms with van der Waals surface area (Å²) in [7, 11) is 0. The maximum absolute atomic E-state index is 14.4. The minimum Gasteiger partial charge on any atom is -0.481 e. The summed E-state index contributed by atoms with van der Waals surface area (Å²) in [5.41, 5.74) is 5.92. The molecule has 1 amide bonds. The normalized spacial score (nSPS) is 13.6. The first-order chi connectivity index (χ1) is 23.4. The van der Waals surface area contributed by atoms with Gasteiger partial charge in [-0.05, 0) is 61.2 Å². The minimum atomic E-state index is -0.780. The lowest BCUT2D eigenvalue weighted by molar-refractivity contribution is -0.142. The summed E-state index contributed by atoms with van der Waals surface area (Å²) in [6.45, 7) is 1.66. The molecule has 1 saturated heterocycles. The van der Waals surface area contributed by atoms with Gasteiger partial charge in [0.1, 0.15) is 5.69 Å². The van der Waals surface area contributed by atoms with Crippen molar-refractivity contribution in [3.8, 4) is 22.5 Å². The minimum absolute atomic E-state index is 0.351. The third kappa shape index (κ3) is 6.39. The molecule has 1 aliphatic rings. The number of aryl methyl sites for hydroxylation is 2. The fraction of sp³-hybridized carbons (Fsp3) is 0.189. The van der Waals surface area contributed by atoms with Gasteiger partial charge in [0, 0.05) is 57.9 Å². The topological polar surface area (TPSA) is 116 Å². The molecule has 0 saturated carbocycles. The van der Waals surface area contributed by atoms with E-state index in [4.69, 9.17) is 28.2 Å². The van der Waals surface area contributed by atoms with Crippen LogP contribution in [0.15, 0.2) is 97.5 Å². The van der Waals surface area contributed by atoms with Gasteiger partial charge in [-0.25, -0.2) is 9.97 Å². The van der Waals surface area contributed by atoms with Gasteiger partial charge in [-0.3, -0.25) is 9.59 Å². The second-order valence-electron chi connectivity index (χ2n) is 11.9. The van der Waals surface area contributed by atoms with E-state index in [-0.39, 0.29) is 11.8 Å². The van der Waals surface area contributed by atoms with Crippen LogP contribution >= 0.6 is 23.2 Å². The smallest absolute Gasteiger partial charge is 0.306 e. The number of aliphatic carboxylic acids is 1. The number of nitrogens with zero attached hydrogens (tertiary/aromatic N) is 4. The van der Waals surface area contributed by atoms with Crippen molar-refractivity contribution in [1.82, 2.24) is 19.5 Å². The predicted molar refractivity (Wildman–Crippen MR) is 190 cm³/mol. The molecule has 0 bridgehead atoms. The lowest BCUT2D eigenvalue weighted by Gasteiger charge is -2.32. The fourth-order valence-electron chi connectivity index (χ4n) is 6.38. The molecule has 0 aliphatic carbocycles. The highest BCUT2D eigenvalue weighted by Crippen LogP contribution is 2.40. The van der Waals surface area contributed by atoms with Crippen LogP contribution in [-0.2, 0) is 17.8 Å². The standard InChI is InChI=1S/C37H32Cl2N6O3/c38-26-10-8-23(9-11-26)14-18-45-22-41-32(24-5-2-1-3-6-24)34(45)31-28-13-12-27(39)21-30(28)42-33(31)36(46)43-29-7-4-17-40-35(29)44-19-15-25(16-20-44)37(47)48/h1-13,17,21-22,25,42H,14-16,18-20H2,(H,43,46)(H,47,48). The Morgan fingerprint density at radius 3 is 2.42 bits per heavy atom. The Labute approximate surface area is 287 Å². The number of carboxylic acids is 1. The molecule has 11 heteroatoms. The zero-order valence-corrected chi connectivity index (χ0v) is 27.4. The first-order valence-electron chi connectivity index (χ1n) is 15.8. The number of benzene rings is 3. The maximum Gasteiger partial charge on any atom is 0.306 e. The number of fused-ring (bicyclic) bond motifs is 1. The molecule has 0 atom stereocenters. The zero-order chi connectivity index (χ0) is 33.2. The summed E-state index contributed by atoms with van der Waals surface area (Å²) in [4.78, 5) is 40.8. The average molecular weight is 680 g/mol. The molecule has 7 rings (SSSR count). The maximum atomic E-state index is 14.4. The second-order valence-corrected chi connectivity index (χ2v) is 12.7. The number of piperidine rings is 1. The Balaban J connectivity index is 1.30. The molecular formula is C37H32Cl2N6O3. The van der Waals surface area contributed by atoms with E-state index in [1.54, 1.807) is 12.3 Å². The molecule has 9 nitrogen and oxygen atoms in total.